The second-order valence-electron chi connectivity index (χ2n) is 8.23. The molecule has 1 heterocycles. The predicted molar refractivity (Wildman–Crippen MR) is 127 cm³/mol. The molecule has 0 aliphatic rings. The molecule has 3 rings (SSSR count). The van der Waals surface area contributed by atoms with Crippen molar-refractivity contribution in [2.24, 2.45) is 10.2 Å². The smallest absolute Gasteiger partial charge is 0.296 e. The molecule has 0 atom stereocenters. The first-order valence-electron chi connectivity index (χ1n) is 9.92. The van der Waals surface area contributed by atoms with Crippen molar-refractivity contribution in [3.8, 4) is 17.8 Å². The Morgan fingerprint density at radius 1 is 1.11 bits per heavy atom. The standard InChI is InChI=1S/C21H19N7O6S2/c1-21(2,3)19-18(26-25-14-5-4-12(10-22)13(8-14)11-23)20(24)28(27-19)16-9-15(35-34-33-29)6-7-17(16)36(30,31)32/h4-9,29H,24H2,1-3H3,(H,30,31,32). The Balaban J connectivity index is 2.21. The first-order chi connectivity index (χ1) is 16.9. The molecular weight excluding hydrogens is 510 g/mol. The molecule has 186 valence electrons. The molecule has 0 unspecified atom stereocenters. The topological polar surface area (TPSA) is 209 Å². The molecule has 0 amide bonds. The number of azo groups is 1. The van der Waals surface area contributed by atoms with Crippen LogP contribution in [-0.4, -0.2) is 28.0 Å². The molecule has 4 N–H and O–H groups in total. The lowest BCUT2D eigenvalue weighted by molar-refractivity contribution is -0.432. The van der Waals surface area contributed by atoms with Gasteiger partial charge in [0.1, 0.15) is 17.0 Å². The van der Waals surface area contributed by atoms with E-state index in [1.807, 2.05) is 32.9 Å². The van der Waals surface area contributed by atoms with Gasteiger partial charge in [0.05, 0.1) is 40.2 Å². The minimum Gasteiger partial charge on any atom is -0.382 e. The Labute approximate surface area is 210 Å². The zero-order chi connectivity index (χ0) is 26.7. The summed E-state index contributed by atoms with van der Waals surface area (Å²) in [5, 5.41) is 43.1. The lowest BCUT2D eigenvalue weighted by Crippen LogP contribution is -2.14. The Morgan fingerprint density at radius 3 is 2.39 bits per heavy atom. The fraction of sp³-hybridized carbons (Fsp3) is 0.190. The van der Waals surface area contributed by atoms with Gasteiger partial charge >= 0.3 is 0 Å². The molecule has 0 radical (unpaired) electrons. The van der Waals surface area contributed by atoms with Crippen molar-refractivity contribution >= 4 is 39.4 Å². The summed E-state index contributed by atoms with van der Waals surface area (Å²) in [4.78, 5) is -0.218. The Morgan fingerprint density at radius 2 is 1.81 bits per heavy atom. The van der Waals surface area contributed by atoms with Crippen molar-refractivity contribution in [3.63, 3.8) is 0 Å². The SMILES string of the molecule is CC(C)(C)c1nn(-c2cc(SOOO)ccc2S(=O)(=O)O)c(N)c1N=Nc1ccc(C#N)c(C#N)c1. The molecule has 2 aromatic carbocycles. The third-order valence-electron chi connectivity index (χ3n) is 4.71. The molecule has 0 saturated heterocycles. The zero-order valence-corrected chi connectivity index (χ0v) is 20.7. The number of hydrogen-bond acceptors (Lipinski definition) is 12. The molecule has 1 aromatic heterocycles. The summed E-state index contributed by atoms with van der Waals surface area (Å²) in [6.07, 6.45) is 0. The molecular formula is C21H19N7O6S2. The van der Waals surface area contributed by atoms with E-state index in [9.17, 15) is 18.2 Å². The minimum absolute atomic E-state index is 0.0933. The van der Waals surface area contributed by atoms with Gasteiger partial charge in [0.2, 0.25) is 0 Å². The Bertz CT molecular complexity index is 1530. The van der Waals surface area contributed by atoms with Gasteiger partial charge in [-0.2, -0.15) is 29.2 Å². The number of anilines is 1. The van der Waals surface area contributed by atoms with Gasteiger partial charge in [0.15, 0.2) is 11.5 Å². The number of nitriles is 2. The average Bonchev–Trinajstić information content (AvgIpc) is 3.16. The summed E-state index contributed by atoms with van der Waals surface area (Å²) >= 11 is 0.563. The van der Waals surface area contributed by atoms with Gasteiger partial charge in [-0.25, -0.2) is 9.94 Å². The van der Waals surface area contributed by atoms with Crippen molar-refractivity contribution in [3.05, 3.63) is 53.2 Å². The van der Waals surface area contributed by atoms with Crippen LogP contribution in [0.4, 0.5) is 17.2 Å². The van der Waals surface area contributed by atoms with E-state index in [4.69, 9.17) is 16.3 Å². The Kier molecular flexibility index (Phi) is 7.75. The fourth-order valence-electron chi connectivity index (χ4n) is 3.09. The van der Waals surface area contributed by atoms with E-state index in [1.165, 1.54) is 30.3 Å². The molecule has 0 saturated carbocycles. The van der Waals surface area contributed by atoms with Crippen LogP contribution in [0.1, 0.15) is 37.6 Å². The average molecular weight is 530 g/mol. The van der Waals surface area contributed by atoms with Crippen molar-refractivity contribution in [2.45, 2.75) is 36.0 Å². The maximum absolute atomic E-state index is 12.1. The second kappa shape index (κ2) is 10.4. The molecule has 0 aliphatic heterocycles. The van der Waals surface area contributed by atoms with Crippen molar-refractivity contribution in [1.82, 2.24) is 9.78 Å². The lowest BCUT2D eigenvalue weighted by Gasteiger charge is -2.15. The number of benzene rings is 2. The molecule has 13 nitrogen and oxygen atoms in total. The van der Waals surface area contributed by atoms with E-state index >= 15 is 0 Å². The van der Waals surface area contributed by atoms with Crippen molar-refractivity contribution < 1.29 is 27.6 Å². The van der Waals surface area contributed by atoms with Gasteiger partial charge in [0.25, 0.3) is 10.1 Å². The first kappa shape index (κ1) is 26.8. The van der Waals surface area contributed by atoms with Crippen LogP contribution in [0.15, 0.2) is 56.4 Å². The van der Waals surface area contributed by atoms with Crippen LogP contribution in [0.5, 0.6) is 0 Å². The highest BCUT2D eigenvalue weighted by atomic mass is 32.2. The Hall–Kier alpha value is -3.83. The predicted octanol–water partition coefficient (Wildman–Crippen LogP) is 4.59. The van der Waals surface area contributed by atoms with E-state index in [2.05, 4.69) is 24.7 Å². The summed E-state index contributed by atoms with van der Waals surface area (Å²) in [6.45, 7) is 5.49. The summed E-state index contributed by atoms with van der Waals surface area (Å²) < 4.78 is 39.4. The largest absolute Gasteiger partial charge is 0.382 e. The van der Waals surface area contributed by atoms with E-state index in [0.29, 0.717) is 17.7 Å². The molecule has 0 spiro atoms. The number of nitrogens with two attached hydrogens (primary N) is 1. The summed E-state index contributed by atoms with van der Waals surface area (Å²) in [5.41, 5.74) is 6.63. The second-order valence-corrected chi connectivity index (χ2v) is 10.4. The highest BCUT2D eigenvalue weighted by molar-refractivity contribution is 7.94. The third-order valence-corrected chi connectivity index (χ3v) is 6.19. The molecule has 0 bridgehead atoms. The van der Waals surface area contributed by atoms with Crippen molar-refractivity contribution in [1.29, 1.82) is 10.5 Å². The fourth-order valence-corrected chi connectivity index (χ4v) is 4.13. The van der Waals surface area contributed by atoms with E-state index in [0.717, 1.165) is 10.7 Å². The van der Waals surface area contributed by atoms with E-state index in [-0.39, 0.29) is 38.9 Å². The number of nitrogens with zero attached hydrogens (tertiary/aromatic N) is 6. The van der Waals surface area contributed by atoms with Gasteiger partial charge in [-0.3, -0.25) is 4.55 Å². The van der Waals surface area contributed by atoms with E-state index < -0.39 is 20.4 Å². The van der Waals surface area contributed by atoms with Crippen LogP contribution < -0.4 is 5.73 Å². The molecule has 3 aromatic rings. The van der Waals surface area contributed by atoms with E-state index in [1.54, 1.807) is 0 Å². The normalized spacial score (nSPS) is 12.0. The van der Waals surface area contributed by atoms with Crippen molar-refractivity contribution in [2.75, 3.05) is 5.73 Å². The van der Waals surface area contributed by atoms with Crippen LogP contribution in [0, 0.1) is 22.7 Å². The molecule has 36 heavy (non-hydrogen) atoms. The van der Waals surface area contributed by atoms with Crippen LogP contribution >= 0.6 is 12.0 Å². The molecule has 15 heteroatoms. The summed E-state index contributed by atoms with van der Waals surface area (Å²) in [5.74, 6) is -0.0933. The molecule has 0 fully saturated rings. The minimum atomic E-state index is -4.70. The van der Waals surface area contributed by atoms with Crippen LogP contribution in [0.3, 0.4) is 0 Å². The van der Waals surface area contributed by atoms with Gasteiger partial charge in [-0.1, -0.05) is 25.8 Å². The van der Waals surface area contributed by atoms with Gasteiger partial charge in [-0.05, 0) is 36.4 Å². The maximum Gasteiger partial charge on any atom is 0.296 e. The number of aromatic nitrogens is 2. The first-order valence-corrected chi connectivity index (χ1v) is 12.1. The van der Waals surface area contributed by atoms with Gasteiger partial charge < -0.3 is 5.73 Å². The highest BCUT2D eigenvalue weighted by Crippen LogP contribution is 2.39. The van der Waals surface area contributed by atoms with Gasteiger partial charge in [0, 0.05) is 10.3 Å². The van der Waals surface area contributed by atoms with Crippen LogP contribution in [-0.2, 0) is 24.9 Å². The quantitative estimate of drug-likeness (QED) is 0.127. The summed E-state index contributed by atoms with van der Waals surface area (Å²) in [7, 11) is -4.70. The third kappa shape index (κ3) is 5.69. The van der Waals surface area contributed by atoms with Crippen LogP contribution in [0.25, 0.3) is 5.69 Å². The lowest BCUT2D eigenvalue weighted by atomic mass is 9.91. The maximum atomic E-state index is 12.1. The number of hydrogen-bond donors (Lipinski definition) is 3. The summed E-state index contributed by atoms with van der Waals surface area (Å²) in [6, 6.07) is 11.9. The highest BCUT2D eigenvalue weighted by Gasteiger charge is 2.29. The zero-order valence-electron chi connectivity index (χ0n) is 19.1. The number of nitrogen functional groups attached to an aromatic ring is 1. The number of rotatable bonds is 7. The van der Waals surface area contributed by atoms with Crippen LogP contribution in [0.2, 0.25) is 0 Å². The van der Waals surface area contributed by atoms with Gasteiger partial charge in [-0.15, -0.1) is 9.45 Å². The molecule has 0 aliphatic carbocycles. The monoisotopic (exact) mass is 529 g/mol.